The Labute approximate surface area is 204 Å². The van der Waals surface area contributed by atoms with Gasteiger partial charge < -0.3 is 9.47 Å². The molecule has 3 nitrogen and oxygen atoms in total. The summed E-state index contributed by atoms with van der Waals surface area (Å²) < 4.78 is 12.3. The molecule has 0 spiro atoms. The van der Waals surface area contributed by atoms with Crippen LogP contribution in [0, 0.1) is 28.6 Å². The van der Waals surface area contributed by atoms with Gasteiger partial charge in [-0.2, -0.15) is 0 Å². The average molecular weight is 461 g/mol. The van der Waals surface area contributed by atoms with Gasteiger partial charge in [0.1, 0.15) is 5.60 Å². The van der Waals surface area contributed by atoms with Crippen molar-refractivity contribution in [2.45, 2.75) is 144 Å². The number of carbonyl (C=O) groups excluding carboxylic acids is 1. The van der Waals surface area contributed by atoms with Gasteiger partial charge in [-0.05, 0) is 121 Å². The van der Waals surface area contributed by atoms with Crippen molar-refractivity contribution in [1.29, 1.82) is 0 Å². The first-order chi connectivity index (χ1) is 15.2. The molecule has 6 atom stereocenters. The number of allylic oxidation sites excluding steroid dienone is 2. The molecule has 0 aliphatic heterocycles. The van der Waals surface area contributed by atoms with Gasteiger partial charge in [-0.3, -0.25) is 4.79 Å². The molecule has 0 bridgehead atoms. The average Bonchev–Trinajstić information content (AvgIpc) is 2.99. The lowest BCUT2D eigenvalue weighted by Gasteiger charge is -2.56. The first-order valence-electron chi connectivity index (χ1n) is 13.8. The molecule has 0 radical (unpaired) electrons. The maximum Gasteiger partial charge on any atom is 0.306 e. The highest BCUT2D eigenvalue weighted by molar-refractivity contribution is 5.70. The minimum atomic E-state index is -0.410. The second-order valence-electron chi connectivity index (χ2n) is 13.8. The van der Waals surface area contributed by atoms with Crippen molar-refractivity contribution in [2.75, 3.05) is 0 Å². The Balaban J connectivity index is 1.83. The zero-order valence-electron chi connectivity index (χ0n) is 23.2. The molecule has 3 aliphatic rings. The third-order valence-electron chi connectivity index (χ3n) is 9.10. The molecule has 190 valence electrons. The summed E-state index contributed by atoms with van der Waals surface area (Å²) in [4.78, 5) is 12.7. The third kappa shape index (κ3) is 5.88. The van der Waals surface area contributed by atoms with Crippen LogP contribution in [0.15, 0.2) is 11.6 Å². The van der Waals surface area contributed by atoms with E-state index in [0.29, 0.717) is 24.4 Å². The van der Waals surface area contributed by atoms with E-state index >= 15 is 0 Å². The minimum absolute atomic E-state index is 0.0409. The smallest absolute Gasteiger partial charge is 0.306 e. The summed E-state index contributed by atoms with van der Waals surface area (Å²) >= 11 is 0. The van der Waals surface area contributed by atoms with Gasteiger partial charge in [0.2, 0.25) is 0 Å². The van der Waals surface area contributed by atoms with Gasteiger partial charge in [-0.25, -0.2) is 0 Å². The normalized spacial score (nSPS) is 36.7. The maximum atomic E-state index is 12.7. The monoisotopic (exact) mass is 460 g/mol. The van der Waals surface area contributed by atoms with E-state index in [0.717, 1.165) is 12.3 Å². The van der Waals surface area contributed by atoms with Gasteiger partial charge in [0.05, 0.1) is 11.7 Å². The highest BCUT2D eigenvalue weighted by atomic mass is 16.6. The van der Waals surface area contributed by atoms with Crippen LogP contribution in [0.1, 0.15) is 127 Å². The van der Waals surface area contributed by atoms with E-state index < -0.39 is 5.60 Å². The Morgan fingerprint density at radius 2 is 1.73 bits per heavy atom. The van der Waals surface area contributed by atoms with Crippen molar-refractivity contribution < 1.29 is 14.3 Å². The van der Waals surface area contributed by atoms with Gasteiger partial charge in [-0.15, -0.1) is 0 Å². The summed E-state index contributed by atoms with van der Waals surface area (Å²) in [5.74, 6) is 2.07. The van der Waals surface area contributed by atoms with E-state index in [2.05, 4.69) is 47.6 Å². The van der Waals surface area contributed by atoms with Gasteiger partial charge in [0.25, 0.3) is 0 Å². The number of unbranched alkanes of at least 4 members (excludes halogenated alkanes) is 1. The quantitative estimate of drug-likeness (QED) is 0.283. The molecule has 3 heteroatoms. The fourth-order valence-corrected chi connectivity index (χ4v) is 7.58. The van der Waals surface area contributed by atoms with Crippen LogP contribution in [-0.4, -0.2) is 23.3 Å². The zero-order chi connectivity index (χ0) is 24.7. The van der Waals surface area contributed by atoms with Gasteiger partial charge in [0.15, 0.2) is 0 Å². The van der Waals surface area contributed by atoms with Crippen LogP contribution in [0.2, 0.25) is 0 Å². The van der Waals surface area contributed by atoms with Crippen LogP contribution in [0.25, 0.3) is 0 Å². The van der Waals surface area contributed by atoms with Gasteiger partial charge in [0, 0.05) is 6.42 Å². The fourth-order valence-electron chi connectivity index (χ4n) is 7.58. The zero-order valence-corrected chi connectivity index (χ0v) is 23.2. The van der Waals surface area contributed by atoms with Crippen molar-refractivity contribution in [3.05, 3.63) is 11.6 Å². The van der Waals surface area contributed by atoms with Crippen molar-refractivity contribution in [2.24, 2.45) is 28.6 Å². The first-order valence-corrected chi connectivity index (χ1v) is 13.8. The standard InChI is InChI=1S/C30H52O3/c1-10-11-12-21-13-14-22-23-15-16-25(32-27(2,3)4)30(23,9)19-17-24(22)29(21,8)20-18-26(31)33-28(5,6)7/h13,22-25H,10-12,14-20H2,1-9H3/t22-,23-,24-,25-,29-,30-/m0/s1. The van der Waals surface area contributed by atoms with Crippen LogP contribution in [0.3, 0.4) is 0 Å². The molecule has 0 amide bonds. The van der Waals surface area contributed by atoms with E-state index in [9.17, 15) is 4.79 Å². The molecule has 3 rings (SSSR count). The molecule has 0 aromatic rings. The van der Waals surface area contributed by atoms with E-state index in [1.165, 1.54) is 51.4 Å². The molecule has 2 fully saturated rings. The number of hydrogen-bond acceptors (Lipinski definition) is 3. The molecular formula is C30H52O3. The van der Waals surface area contributed by atoms with Crippen LogP contribution in [0.5, 0.6) is 0 Å². The lowest BCUT2D eigenvalue weighted by molar-refractivity contribution is -0.156. The predicted octanol–water partition coefficient (Wildman–Crippen LogP) is 8.26. The van der Waals surface area contributed by atoms with Crippen LogP contribution in [-0.2, 0) is 14.3 Å². The molecule has 2 saturated carbocycles. The summed E-state index contributed by atoms with van der Waals surface area (Å²) in [7, 11) is 0. The molecule has 3 aliphatic carbocycles. The largest absolute Gasteiger partial charge is 0.460 e. The van der Waals surface area contributed by atoms with Crippen LogP contribution in [0.4, 0.5) is 0 Å². The number of esters is 1. The Morgan fingerprint density at radius 3 is 2.33 bits per heavy atom. The summed E-state index contributed by atoms with van der Waals surface area (Å²) in [5.41, 5.74) is 1.53. The summed E-state index contributed by atoms with van der Waals surface area (Å²) in [6.07, 6.45) is 14.3. The van der Waals surface area contributed by atoms with Gasteiger partial charge in [-0.1, -0.05) is 38.8 Å². The molecule has 0 unspecified atom stereocenters. The van der Waals surface area contributed by atoms with Crippen molar-refractivity contribution in [3.63, 3.8) is 0 Å². The highest BCUT2D eigenvalue weighted by Crippen LogP contribution is 2.64. The number of rotatable bonds is 7. The number of ether oxygens (including phenoxy) is 2. The molecular weight excluding hydrogens is 408 g/mol. The molecule has 0 saturated heterocycles. The first kappa shape index (κ1) is 26.8. The van der Waals surface area contributed by atoms with Crippen molar-refractivity contribution in [3.8, 4) is 0 Å². The Hall–Kier alpha value is -0.830. The van der Waals surface area contributed by atoms with Crippen molar-refractivity contribution >= 4 is 5.97 Å². The lowest BCUT2D eigenvalue weighted by Crippen LogP contribution is -2.51. The Morgan fingerprint density at radius 1 is 1.03 bits per heavy atom. The number of fused-ring (bicyclic) bond motifs is 3. The fraction of sp³-hybridized carbons (Fsp3) is 0.900. The Bertz CT molecular complexity index is 724. The topological polar surface area (TPSA) is 35.5 Å². The van der Waals surface area contributed by atoms with E-state index in [1.54, 1.807) is 5.57 Å². The molecule has 0 N–H and O–H groups in total. The predicted molar refractivity (Wildman–Crippen MR) is 137 cm³/mol. The van der Waals surface area contributed by atoms with Crippen LogP contribution < -0.4 is 0 Å². The molecule has 0 heterocycles. The molecule has 33 heavy (non-hydrogen) atoms. The minimum Gasteiger partial charge on any atom is -0.460 e. The van der Waals surface area contributed by atoms with Gasteiger partial charge >= 0.3 is 5.97 Å². The second kappa shape index (κ2) is 9.67. The Kier molecular flexibility index (Phi) is 7.84. The third-order valence-corrected chi connectivity index (χ3v) is 9.10. The SMILES string of the molecule is CCCCC1=CC[C@H]2[C@@H]3CC[C@H](OC(C)(C)C)[C@@]3(C)CC[C@@H]2[C@@]1(C)CCC(=O)OC(C)(C)C. The van der Waals surface area contributed by atoms with E-state index in [4.69, 9.17) is 9.47 Å². The summed E-state index contributed by atoms with van der Waals surface area (Å²) in [5, 5.41) is 0. The highest BCUT2D eigenvalue weighted by Gasteiger charge is 2.58. The summed E-state index contributed by atoms with van der Waals surface area (Å²) in [6.45, 7) is 19.8. The maximum absolute atomic E-state index is 12.7. The summed E-state index contributed by atoms with van der Waals surface area (Å²) in [6, 6.07) is 0. The van der Waals surface area contributed by atoms with Crippen LogP contribution >= 0.6 is 0 Å². The molecule has 0 aromatic heterocycles. The van der Waals surface area contributed by atoms with Crippen molar-refractivity contribution in [1.82, 2.24) is 0 Å². The van der Waals surface area contributed by atoms with E-state index in [1.807, 2.05) is 20.8 Å². The second-order valence-corrected chi connectivity index (χ2v) is 13.8. The number of carbonyl (C=O) groups is 1. The lowest BCUT2D eigenvalue weighted by atomic mass is 9.49. The number of hydrogen-bond donors (Lipinski definition) is 0. The van der Waals surface area contributed by atoms with E-state index in [-0.39, 0.29) is 22.4 Å². The molecule has 0 aromatic carbocycles.